The first-order valence-corrected chi connectivity index (χ1v) is 11.8. The second-order valence-electron chi connectivity index (χ2n) is 7.70. The van der Waals surface area contributed by atoms with Crippen molar-refractivity contribution in [3.05, 3.63) is 88.9 Å². The summed E-state index contributed by atoms with van der Waals surface area (Å²) in [5.74, 6) is 0.246. The molecule has 0 aliphatic carbocycles. The summed E-state index contributed by atoms with van der Waals surface area (Å²) in [6, 6.07) is 26.7. The Bertz CT molecular complexity index is 850. The summed E-state index contributed by atoms with van der Waals surface area (Å²) in [5, 5.41) is 12.8. The molecule has 0 bridgehead atoms. The van der Waals surface area contributed by atoms with Gasteiger partial charge in [0.15, 0.2) is 0 Å². The van der Waals surface area contributed by atoms with Crippen LogP contribution in [0.4, 0.5) is 0 Å². The first kappa shape index (κ1) is 19.9. The van der Waals surface area contributed by atoms with Crippen LogP contribution in [-0.4, -0.2) is 13.4 Å². The number of hydrogen-bond acceptors (Lipinski definition) is 2. The van der Waals surface area contributed by atoms with E-state index in [0.717, 1.165) is 5.56 Å². The SMILES string of the molecule is CC(C)(C)[Si](OCc1cccc(Br)c1O)(c1ccccc1)c1ccccc1. The monoisotopic (exact) mass is 440 g/mol. The second-order valence-corrected chi connectivity index (χ2v) is 12.9. The van der Waals surface area contributed by atoms with Crippen molar-refractivity contribution in [3.8, 4) is 5.75 Å². The molecule has 1 N–H and O–H groups in total. The van der Waals surface area contributed by atoms with Gasteiger partial charge in [-0.15, -0.1) is 0 Å². The van der Waals surface area contributed by atoms with E-state index in [1.807, 2.05) is 30.3 Å². The van der Waals surface area contributed by atoms with Gasteiger partial charge in [-0.2, -0.15) is 0 Å². The molecule has 0 aliphatic heterocycles. The first-order valence-electron chi connectivity index (χ1n) is 9.07. The molecular weight excluding hydrogens is 416 g/mol. The molecule has 4 heteroatoms. The zero-order chi connectivity index (χ0) is 19.5. The van der Waals surface area contributed by atoms with Crippen LogP contribution in [0.25, 0.3) is 0 Å². The van der Waals surface area contributed by atoms with Gasteiger partial charge < -0.3 is 9.53 Å². The number of aromatic hydroxyl groups is 1. The molecule has 0 unspecified atom stereocenters. The molecule has 0 heterocycles. The van der Waals surface area contributed by atoms with Gasteiger partial charge in [0.1, 0.15) is 5.75 Å². The molecule has 2 nitrogen and oxygen atoms in total. The fraction of sp³-hybridized carbons (Fsp3) is 0.217. The lowest BCUT2D eigenvalue weighted by molar-refractivity contribution is 0.280. The maximum atomic E-state index is 10.4. The van der Waals surface area contributed by atoms with Crippen LogP contribution in [0.5, 0.6) is 5.75 Å². The van der Waals surface area contributed by atoms with Crippen molar-refractivity contribution in [2.24, 2.45) is 0 Å². The van der Waals surface area contributed by atoms with E-state index in [9.17, 15) is 5.11 Å². The quantitative estimate of drug-likeness (QED) is 0.550. The largest absolute Gasteiger partial charge is 0.506 e. The molecule has 3 aromatic rings. The van der Waals surface area contributed by atoms with Crippen molar-refractivity contribution in [2.75, 3.05) is 0 Å². The van der Waals surface area contributed by atoms with Crippen molar-refractivity contribution in [3.63, 3.8) is 0 Å². The minimum atomic E-state index is -2.60. The molecule has 0 spiro atoms. The molecule has 27 heavy (non-hydrogen) atoms. The fourth-order valence-electron chi connectivity index (χ4n) is 3.62. The normalized spacial score (nSPS) is 12.1. The average Bonchev–Trinajstić information content (AvgIpc) is 2.66. The van der Waals surface area contributed by atoms with Gasteiger partial charge in [-0.25, -0.2) is 0 Å². The van der Waals surface area contributed by atoms with Crippen molar-refractivity contribution in [1.82, 2.24) is 0 Å². The van der Waals surface area contributed by atoms with Crippen LogP contribution in [0.2, 0.25) is 5.04 Å². The number of phenolic OH excluding ortho intramolecular Hbond substituents is 1. The third kappa shape index (κ3) is 3.88. The number of hydrogen-bond donors (Lipinski definition) is 1. The van der Waals surface area contributed by atoms with E-state index in [0.29, 0.717) is 11.1 Å². The molecule has 0 atom stereocenters. The minimum absolute atomic E-state index is 0.0860. The number of phenols is 1. The summed E-state index contributed by atoms with van der Waals surface area (Å²) in [6.45, 7) is 7.11. The van der Waals surface area contributed by atoms with Gasteiger partial charge in [-0.05, 0) is 37.4 Å². The van der Waals surface area contributed by atoms with E-state index < -0.39 is 8.32 Å². The Morgan fingerprint density at radius 3 is 1.81 bits per heavy atom. The van der Waals surface area contributed by atoms with Gasteiger partial charge in [0.2, 0.25) is 0 Å². The summed E-state index contributed by atoms with van der Waals surface area (Å²) in [5.41, 5.74) is 0.789. The van der Waals surface area contributed by atoms with Crippen LogP contribution in [0.3, 0.4) is 0 Å². The van der Waals surface area contributed by atoms with Crippen LogP contribution in [-0.2, 0) is 11.0 Å². The van der Waals surface area contributed by atoms with Crippen molar-refractivity contribution >= 4 is 34.6 Å². The number of halogens is 1. The molecule has 3 rings (SSSR count). The zero-order valence-corrected chi connectivity index (χ0v) is 18.5. The third-order valence-corrected chi connectivity index (χ3v) is 10.6. The molecule has 0 saturated heterocycles. The Hall–Kier alpha value is -1.88. The molecule has 0 saturated carbocycles. The van der Waals surface area contributed by atoms with Crippen molar-refractivity contribution in [1.29, 1.82) is 0 Å². The number of rotatable bonds is 5. The maximum Gasteiger partial charge on any atom is 0.261 e. The summed E-state index contributed by atoms with van der Waals surface area (Å²) in [7, 11) is -2.60. The van der Waals surface area contributed by atoms with E-state index >= 15 is 0 Å². The highest BCUT2D eigenvalue weighted by molar-refractivity contribution is 9.10. The summed E-state index contributed by atoms with van der Waals surface area (Å²) >= 11 is 3.40. The summed E-state index contributed by atoms with van der Waals surface area (Å²) < 4.78 is 7.53. The summed E-state index contributed by atoms with van der Waals surface area (Å²) in [6.07, 6.45) is 0. The van der Waals surface area contributed by atoms with Gasteiger partial charge in [-0.3, -0.25) is 0 Å². The van der Waals surface area contributed by atoms with Gasteiger partial charge in [0, 0.05) is 5.56 Å². The predicted molar refractivity (Wildman–Crippen MR) is 118 cm³/mol. The third-order valence-electron chi connectivity index (χ3n) is 4.93. The smallest absolute Gasteiger partial charge is 0.261 e. The molecule has 140 valence electrons. The highest BCUT2D eigenvalue weighted by Gasteiger charge is 2.50. The molecule has 3 aromatic carbocycles. The standard InChI is InChI=1S/C23H25BrO2Si/c1-23(2,3)27(19-12-6-4-7-13-19,20-14-8-5-9-15-20)26-17-18-11-10-16-21(24)22(18)25/h4-16,25H,17H2,1-3H3. The molecule has 0 radical (unpaired) electrons. The second kappa shape index (κ2) is 8.01. The van der Waals surface area contributed by atoms with E-state index in [-0.39, 0.29) is 10.8 Å². The van der Waals surface area contributed by atoms with Gasteiger partial charge in [0.25, 0.3) is 8.32 Å². The van der Waals surface area contributed by atoms with E-state index in [4.69, 9.17) is 4.43 Å². The molecule has 0 fully saturated rings. The average molecular weight is 441 g/mol. The lowest BCUT2D eigenvalue weighted by atomic mass is 10.2. The zero-order valence-electron chi connectivity index (χ0n) is 15.9. The van der Waals surface area contributed by atoms with Crippen molar-refractivity contribution in [2.45, 2.75) is 32.4 Å². The van der Waals surface area contributed by atoms with E-state index in [2.05, 4.69) is 85.2 Å². The van der Waals surface area contributed by atoms with Crippen LogP contribution in [0.15, 0.2) is 83.3 Å². The van der Waals surface area contributed by atoms with E-state index in [1.165, 1.54) is 10.4 Å². The van der Waals surface area contributed by atoms with Crippen LogP contribution >= 0.6 is 15.9 Å². The fourth-order valence-corrected chi connectivity index (χ4v) is 8.56. The highest BCUT2D eigenvalue weighted by Crippen LogP contribution is 2.38. The Balaban J connectivity index is 2.13. The van der Waals surface area contributed by atoms with Crippen LogP contribution in [0, 0.1) is 0 Å². The minimum Gasteiger partial charge on any atom is -0.506 e. The highest BCUT2D eigenvalue weighted by atomic mass is 79.9. The lowest BCUT2D eigenvalue weighted by Gasteiger charge is -2.43. The first-order chi connectivity index (χ1) is 12.9. The molecule has 0 amide bonds. The maximum absolute atomic E-state index is 10.4. The van der Waals surface area contributed by atoms with Gasteiger partial charge >= 0.3 is 0 Å². The van der Waals surface area contributed by atoms with E-state index in [1.54, 1.807) is 0 Å². The van der Waals surface area contributed by atoms with Gasteiger partial charge in [-0.1, -0.05) is 93.6 Å². The Labute approximate surface area is 171 Å². The van der Waals surface area contributed by atoms with Crippen LogP contribution in [0.1, 0.15) is 26.3 Å². The number of para-hydroxylation sites is 1. The molecular formula is C23H25BrO2Si. The van der Waals surface area contributed by atoms with Crippen LogP contribution < -0.4 is 10.4 Å². The molecule has 0 aromatic heterocycles. The molecule has 0 aliphatic rings. The topological polar surface area (TPSA) is 29.5 Å². The Kier molecular flexibility index (Phi) is 5.89. The lowest BCUT2D eigenvalue weighted by Crippen LogP contribution is -2.66. The van der Waals surface area contributed by atoms with Gasteiger partial charge in [0.05, 0.1) is 11.1 Å². The summed E-state index contributed by atoms with van der Waals surface area (Å²) in [4.78, 5) is 0. The Morgan fingerprint density at radius 1 is 0.815 bits per heavy atom. The van der Waals surface area contributed by atoms with Crippen molar-refractivity contribution < 1.29 is 9.53 Å². The number of benzene rings is 3. The predicted octanol–water partition coefficient (Wildman–Crippen LogP) is 5.23. The Morgan fingerprint density at radius 2 is 1.33 bits per heavy atom.